The molecule has 1 unspecified atom stereocenters. The maximum atomic E-state index is 13.8. The molecular weight excluding hydrogens is 336 g/mol. The SMILES string of the molecule is CN1CCSCC1C(=O)Cc1c(F)ccc(Br)c1F. The molecule has 1 aromatic rings. The average molecular weight is 350 g/mol. The first-order valence-electron chi connectivity index (χ1n) is 5.93. The van der Waals surface area contributed by atoms with Crippen LogP contribution in [-0.2, 0) is 11.2 Å². The summed E-state index contributed by atoms with van der Waals surface area (Å²) in [6.07, 6.45) is -0.202. The Morgan fingerprint density at radius 3 is 2.95 bits per heavy atom. The van der Waals surface area contributed by atoms with Gasteiger partial charge >= 0.3 is 0 Å². The monoisotopic (exact) mass is 349 g/mol. The standard InChI is InChI=1S/C13H14BrF2NOS/c1-17-4-5-19-7-11(17)12(18)6-8-10(15)3-2-9(14)13(8)16/h2-3,11H,4-7H2,1H3. The van der Waals surface area contributed by atoms with Crippen LogP contribution in [0.15, 0.2) is 16.6 Å². The van der Waals surface area contributed by atoms with Gasteiger partial charge in [0.2, 0.25) is 0 Å². The second-order valence-electron chi connectivity index (χ2n) is 4.54. The molecule has 1 saturated heterocycles. The average Bonchev–Trinajstić information content (AvgIpc) is 2.39. The number of ketones is 1. The van der Waals surface area contributed by atoms with Gasteiger partial charge in [-0.25, -0.2) is 8.78 Å². The zero-order chi connectivity index (χ0) is 14.0. The molecular formula is C13H14BrF2NOS. The summed E-state index contributed by atoms with van der Waals surface area (Å²) in [5.41, 5.74) is -0.150. The first-order chi connectivity index (χ1) is 9.00. The van der Waals surface area contributed by atoms with Crippen LogP contribution >= 0.6 is 27.7 Å². The summed E-state index contributed by atoms with van der Waals surface area (Å²) in [6.45, 7) is 0.824. The molecule has 1 fully saturated rings. The van der Waals surface area contributed by atoms with Crippen LogP contribution in [0.1, 0.15) is 5.56 Å². The highest BCUT2D eigenvalue weighted by atomic mass is 79.9. The molecule has 1 heterocycles. The summed E-state index contributed by atoms with van der Waals surface area (Å²) in [5.74, 6) is 0.192. The molecule has 0 bridgehead atoms. The molecule has 6 heteroatoms. The molecule has 0 saturated carbocycles. The molecule has 104 valence electrons. The summed E-state index contributed by atoms with van der Waals surface area (Å²) < 4.78 is 27.6. The third kappa shape index (κ3) is 3.35. The van der Waals surface area contributed by atoms with Crippen molar-refractivity contribution in [2.24, 2.45) is 0 Å². The van der Waals surface area contributed by atoms with Gasteiger partial charge in [0.25, 0.3) is 0 Å². The zero-order valence-corrected chi connectivity index (χ0v) is 12.9. The van der Waals surface area contributed by atoms with Crippen LogP contribution in [0.3, 0.4) is 0 Å². The highest BCUT2D eigenvalue weighted by Crippen LogP contribution is 2.24. The third-order valence-corrected chi connectivity index (χ3v) is 4.89. The molecule has 1 aliphatic heterocycles. The maximum Gasteiger partial charge on any atom is 0.155 e. The molecule has 0 N–H and O–H groups in total. The van der Waals surface area contributed by atoms with E-state index >= 15 is 0 Å². The molecule has 1 aromatic carbocycles. The topological polar surface area (TPSA) is 20.3 Å². The lowest BCUT2D eigenvalue weighted by Crippen LogP contribution is -2.45. The number of hydrogen-bond donors (Lipinski definition) is 0. The Balaban J connectivity index is 2.17. The molecule has 1 aliphatic rings. The Bertz CT molecular complexity index is 498. The van der Waals surface area contributed by atoms with Gasteiger partial charge in [-0.3, -0.25) is 9.69 Å². The molecule has 0 aromatic heterocycles. The predicted molar refractivity (Wildman–Crippen MR) is 76.5 cm³/mol. The summed E-state index contributed by atoms with van der Waals surface area (Å²) in [7, 11) is 1.87. The Morgan fingerprint density at radius 2 is 2.26 bits per heavy atom. The Hall–Kier alpha value is -0.460. The molecule has 2 nitrogen and oxygen atoms in total. The Labute approximate surface area is 123 Å². The minimum absolute atomic E-state index is 0.134. The lowest BCUT2D eigenvalue weighted by atomic mass is 10.0. The fourth-order valence-corrected chi connectivity index (χ4v) is 3.67. The van der Waals surface area contributed by atoms with Gasteiger partial charge in [0, 0.05) is 30.0 Å². The maximum absolute atomic E-state index is 13.8. The third-order valence-electron chi connectivity index (χ3n) is 3.26. The van der Waals surface area contributed by atoms with Crippen molar-refractivity contribution in [1.29, 1.82) is 0 Å². The number of likely N-dealkylation sites (N-methyl/N-ethyl adjacent to an activating group) is 1. The first-order valence-corrected chi connectivity index (χ1v) is 7.88. The fraction of sp³-hybridized carbons (Fsp3) is 0.462. The lowest BCUT2D eigenvalue weighted by molar-refractivity contribution is -0.122. The highest BCUT2D eigenvalue weighted by molar-refractivity contribution is 9.10. The van der Waals surface area contributed by atoms with Gasteiger partial charge in [-0.15, -0.1) is 0 Å². The van der Waals surface area contributed by atoms with Crippen LogP contribution in [-0.4, -0.2) is 41.8 Å². The van der Waals surface area contributed by atoms with Crippen molar-refractivity contribution in [3.05, 3.63) is 33.8 Å². The van der Waals surface area contributed by atoms with E-state index in [0.717, 1.165) is 12.3 Å². The summed E-state index contributed by atoms with van der Waals surface area (Å²) in [6, 6.07) is 2.23. The van der Waals surface area contributed by atoms with E-state index in [4.69, 9.17) is 0 Å². The number of Topliss-reactive ketones (excluding diaryl/α,β-unsaturated/α-hetero) is 1. The first kappa shape index (κ1) is 14.9. The van der Waals surface area contributed by atoms with Gasteiger partial charge < -0.3 is 0 Å². The minimum Gasteiger partial charge on any atom is -0.298 e. The molecule has 0 radical (unpaired) electrons. The number of nitrogens with zero attached hydrogens (tertiary/aromatic N) is 1. The van der Waals surface area contributed by atoms with E-state index in [0.29, 0.717) is 5.75 Å². The van der Waals surface area contributed by atoms with E-state index in [1.807, 2.05) is 11.9 Å². The molecule has 0 aliphatic carbocycles. The van der Waals surface area contributed by atoms with Crippen LogP contribution in [0.2, 0.25) is 0 Å². The second kappa shape index (κ2) is 6.33. The lowest BCUT2D eigenvalue weighted by Gasteiger charge is -2.30. The quantitative estimate of drug-likeness (QED) is 0.782. The number of hydrogen-bond acceptors (Lipinski definition) is 3. The smallest absolute Gasteiger partial charge is 0.155 e. The van der Waals surface area contributed by atoms with Crippen molar-refractivity contribution >= 4 is 33.5 Å². The predicted octanol–water partition coefficient (Wildman–Crippen LogP) is 2.89. The summed E-state index contributed by atoms with van der Waals surface area (Å²) in [5, 5.41) is 0. The molecule has 19 heavy (non-hydrogen) atoms. The number of benzene rings is 1. The molecule has 0 amide bonds. The van der Waals surface area contributed by atoms with Crippen LogP contribution < -0.4 is 0 Å². The van der Waals surface area contributed by atoms with Gasteiger partial charge in [0.1, 0.15) is 11.6 Å². The minimum atomic E-state index is -0.681. The molecule has 1 atom stereocenters. The van der Waals surface area contributed by atoms with Crippen LogP contribution in [0.25, 0.3) is 0 Å². The number of carbonyl (C=O) groups is 1. The van der Waals surface area contributed by atoms with Gasteiger partial charge in [0.15, 0.2) is 5.78 Å². The number of thioether (sulfide) groups is 1. The highest BCUT2D eigenvalue weighted by Gasteiger charge is 2.28. The van der Waals surface area contributed by atoms with Gasteiger partial charge in [0.05, 0.1) is 10.5 Å². The van der Waals surface area contributed by atoms with Crippen molar-refractivity contribution in [3.63, 3.8) is 0 Å². The van der Waals surface area contributed by atoms with E-state index in [1.165, 1.54) is 12.1 Å². The number of carbonyl (C=O) groups excluding carboxylic acids is 1. The molecule has 2 rings (SSSR count). The largest absolute Gasteiger partial charge is 0.298 e. The van der Waals surface area contributed by atoms with Crippen LogP contribution in [0.4, 0.5) is 8.78 Å². The Morgan fingerprint density at radius 1 is 1.53 bits per heavy atom. The van der Waals surface area contributed by atoms with Gasteiger partial charge in [-0.1, -0.05) is 0 Å². The molecule has 0 spiro atoms. The van der Waals surface area contributed by atoms with Crippen molar-refractivity contribution in [2.45, 2.75) is 12.5 Å². The number of rotatable bonds is 3. The van der Waals surface area contributed by atoms with E-state index in [2.05, 4.69) is 15.9 Å². The van der Waals surface area contributed by atoms with Crippen molar-refractivity contribution in [1.82, 2.24) is 4.90 Å². The van der Waals surface area contributed by atoms with E-state index in [9.17, 15) is 13.6 Å². The van der Waals surface area contributed by atoms with Crippen molar-refractivity contribution in [2.75, 3.05) is 25.1 Å². The van der Waals surface area contributed by atoms with Gasteiger partial charge in [-0.2, -0.15) is 11.8 Å². The normalized spacial score (nSPS) is 20.5. The van der Waals surface area contributed by atoms with E-state index < -0.39 is 11.6 Å². The number of halogens is 3. The fourth-order valence-electron chi connectivity index (χ4n) is 2.05. The van der Waals surface area contributed by atoms with E-state index in [1.54, 1.807) is 11.8 Å². The van der Waals surface area contributed by atoms with Gasteiger partial charge in [-0.05, 0) is 35.1 Å². The summed E-state index contributed by atoms with van der Waals surface area (Å²) in [4.78, 5) is 14.1. The van der Waals surface area contributed by atoms with E-state index in [-0.39, 0.29) is 28.3 Å². The zero-order valence-electron chi connectivity index (χ0n) is 10.5. The van der Waals surface area contributed by atoms with Crippen LogP contribution in [0.5, 0.6) is 0 Å². The van der Waals surface area contributed by atoms with Crippen LogP contribution in [0, 0.1) is 11.6 Å². The Kier molecular flexibility index (Phi) is 4.97. The second-order valence-corrected chi connectivity index (χ2v) is 6.54. The summed E-state index contributed by atoms with van der Waals surface area (Å²) >= 11 is 4.71. The van der Waals surface area contributed by atoms with Crippen molar-refractivity contribution < 1.29 is 13.6 Å². The van der Waals surface area contributed by atoms with Crippen molar-refractivity contribution in [3.8, 4) is 0 Å².